The van der Waals surface area contributed by atoms with Crippen molar-refractivity contribution in [2.45, 2.75) is 59.1 Å². The van der Waals surface area contributed by atoms with Crippen molar-refractivity contribution in [3.05, 3.63) is 46.8 Å². The smallest absolute Gasteiger partial charge is 0.274 e. The minimum atomic E-state index is -0.905. The zero-order chi connectivity index (χ0) is 18.4. The number of benzene rings is 1. The fraction of sp³-hybridized carbons (Fsp3) is 0.500. The maximum atomic E-state index is 13.0. The molecule has 1 N–H and O–H groups in total. The third kappa shape index (κ3) is 3.47. The van der Waals surface area contributed by atoms with Crippen LogP contribution in [0.2, 0.25) is 0 Å². The van der Waals surface area contributed by atoms with Crippen LogP contribution in [0.3, 0.4) is 0 Å². The number of nitrogens with zero attached hydrogens (tertiary/aromatic N) is 3. The van der Waals surface area contributed by atoms with Gasteiger partial charge in [0.2, 0.25) is 0 Å². The summed E-state index contributed by atoms with van der Waals surface area (Å²) in [6.07, 6.45) is 1.74. The Bertz CT molecular complexity index is 782. The van der Waals surface area contributed by atoms with E-state index in [1.807, 2.05) is 17.7 Å². The Labute approximate surface area is 149 Å². The van der Waals surface area contributed by atoms with Gasteiger partial charge in [0.25, 0.3) is 5.91 Å². The van der Waals surface area contributed by atoms with Crippen molar-refractivity contribution in [3.8, 4) is 5.69 Å². The van der Waals surface area contributed by atoms with Crippen LogP contribution in [0.25, 0.3) is 5.69 Å². The van der Waals surface area contributed by atoms with Crippen molar-refractivity contribution in [1.29, 1.82) is 0 Å². The normalized spacial score (nSPS) is 18.0. The first kappa shape index (κ1) is 17.7. The number of carbonyl (C=O) groups is 1. The number of amides is 1. The first-order valence-corrected chi connectivity index (χ1v) is 8.85. The van der Waals surface area contributed by atoms with Crippen molar-refractivity contribution in [1.82, 2.24) is 14.7 Å². The Morgan fingerprint density at radius 1 is 1.16 bits per heavy atom. The number of hydrogen-bond acceptors (Lipinski definition) is 3. The Hall–Kier alpha value is -2.14. The van der Waals surface area contributed by atoms with Gasteiger partial charge in [-0.25, -0.2) is 4.68 Å². The van der Waals surface area contributed by atoms with Crippen LogP contribution in [0, 0.1) is 20.8 Å². The molecule has 3 rings (SSSR count). The van der Waals surface area contributed by atoms with Crippen LogP contribution in [0.4, 0.5) is 0 Å². The molecular weight excluding hydrogens is 314 g/mol. The minimum Gasteiger partial charge on any atom is -0.388 e. The Balaban J connectivity index is 1.93. The third-order valence-corrected chi connectivity index (χ3v) is 4.89. The molecule has 2 heterocycles. The number of hydrogen-bond donors (Lipinski definition) is 1. The van der Waals surface area contributed by atoms with E-state index in [2.05, 4.69) is 37.1 Å². The summed E-state index contributed by atoms with van der Waals surface area (Å²) < 4.78 is 1.82. The average molecular weight is 341 g/mol. The van der Waals surface area contributed by atoms with E-state index in [9.17, 15) is 9.90 Å². The van der Waals surface area contributed by atoms with Gasteiger partial charge in [-0.2, -0.15) is 5.10 Å². The van der Waals surface area contributed by atoms with E-state index in [0.717, 1.165) is 24.2 Å². The second-order valence-electron chi connectivity index (χ2n) is 7.74. The SMILES string of the molecule is Cc1cc(C)cc(-n2nc(C(=O)N3CCCC3C(C)(C)O)cc2C)c1. The summed E-state index contributed by atoms with van der Waals surface area (Å²) in [6.45, 7) is 10.3. The number of carbonyl (C=O) groups excluding carboxylic acids is 1. The van der Waals surface area contributed by atoms with Gasteiger partial charge in [-0.1, -0.05) is 6.07 Å². The molecule has 1 unspecified atom stereocenters. The van der Waals surface area contributed by atoms with Gasteiger partial charge in [0.1, 0.15) is 0 Å². The summed E-state index contributed by atoms with van der Waals surface area (Å²) in [5.41, 5.74) is 3.76. The second kappa shape index (κ2) is 6.30. The number of aryl methyl sites for hydroxylation is 3. The highest BCUT2D eigenvalue weighted by atomic mass is 16.3. The summed E-state index contributed by atoms with van der Waals surface area (Å²) in [4.78, 5) is 14.7. The quantitative estimate of drug-likeness (QED) is 0.933. The number of rotatable bonds is 3. The first-order valence-electron chi connectivity index (χ1n) is 8.85. The van der Waals surface area contributed by atoms with E-state index in [1.54, 1.807) is 18.7 Å². The van der Waals surface area contributed by atoms with E-state index in [4.69, 9.17) is 0 Å². The van der Waals surface area contributed by atoms with Crippen LogP contribution in [0.5, 0.6) is 0 Å². The molecule has 0 radical (unpaired) electrons. The summed E-state index contributed by atoms with van der Waals surface area (Å²) >= 11 is 0. The molecule has 2 aromatic rings. The molecule has 1 amide bonds. The van der Waals surface area contributed by atoms with Crippen molar-refractivity contribution < 1.29 is 9.90 Å². The molecule has 0 aliphatic carbocycles. The van der Waals surface area contributed by atoms with Crippen LogP contribution >= 0.6 is 0 Å². The zero-order valence-corrected chi connectivity index (χ0v) is 15.7. The minimum absolute atomic E-state index is 0.101. The standard InChI is InChI=1S/C20H27N3O2/c1-13-9-14(2)11-16(10-13)23-15(3)12-17(21-23)19(24)22-8-6-7-18(22)20(4,5)25/h9-12,18,25H,6-8H2,1-5H3. The first-order chi connectivity index (χ1) is 11.7. The van der Waals surface area contributed by atoms with Crippen LogP contribution in [0.1, 0.15) is 54.0 Å². The van der Waals surface area contributed by atoms with Gasteiger partial charge >= 0.3 is 0 Å². The number of aromatic nitrogens is 2. The van der Waals surface area contributed by atoms with E-state index in [0.29, 0.717) is 12.2 Å². The molecule has 1 aliphatic rings. The number of likely N-dealkylation sites (tertiary alicyclic amines) is 1. The van der Waals surface area contributed by atoms with Gasteiger partial charge in [0.15, 0.2) is 5.69 Å². The van der Waals surface area contributed by atoms with Crippen LogP contribution in [-0.2, 0) is 0 Å². The fourth-order valence-corrected chi connectivity index (χ4v) is 3.80. The summed E-state index contributed by atoms with van der Waals surface area (Å²) in [6, 6.07) is 7.92. The lowest BCUT2D eigenvalue weighted by Crippen LogP contribution is -2.48. The molecule has 25 heavy (non-hydrogen) atoms. The molecule has 1 aromatic heterocycles. The van der Waals surface area contributed by atoms with Crippen molar-refractivity contribution in [2.75, 3.05) is 6.54 Å². The van der Waals surface area contributed by atoms with E-state index >= 15 is 0 Å². The van der Waals surface area contributed by atoms with Crippen molar-refractivity contribution in [2.24, 2.45) is 0 Å². The van der Waals surface area contributed by atoms with Crippen LogP contribution in [0.15, 0.2) is 24.3 Å². The van der Waals surface area contributed by atoms with Crippen LogP contribution < -0.4 is 0 Å². The van der Waals surface area contributed by atoms with Gasteiger partial charge in [0, 0.05) is 12.2 Å². The predicted molar refractivity (Wildman–Crippen MR) is 98.1 cm³/mol. The maximum Gasteiger partial charge on any atom is 0.274 e. The monoisotopic (exact) mass is 341 g/mol. The molecule has 1 atom stereocenters. The lowest BCUT2D eigenvalue weighted by atomic mass is 9.96. The Morgan fingerprint density at radius 2 is 1.80 bits per heavy atom. The third-order valence-electron chi connectivity index (χ3n) is 4.89. The topological polar surface area (TPSA) is 58.4 Å². The summed E-state index contributed by atoms with van der Waals surface area (Å²) in [7, 11) is 0. The lowest BCUT2D eigenvalue weighted by Gasteiger charge is -2.33. The highest BCUT2D eigenvalue weighted by Crippen LogP contribution is 2.28. The highest BCUT2D eigenvalue weighted by molar-refractivity contribution is 5.93. The molecule has 0 bridgehead atoms. The predicted octanol–water partition coefficient (Wildman–Crippen LogP) is 3.17. The average Bonchev–Trinajstić information content (AvgIpc) is 3.11. The van der Waals surface area contributed by atoms with E-state index in [1.165, 1.54) is 11.1 Å². The molecule has 134 valence electrons. The Kier molecular flexibility index (Phi) is 4.45. The molecule has 5 nitrogen and oxygen atoms in total. The molecular formula is C20H27N3O2. The van der Waals surface area contributed by atoms with Gasteiger partial charge in [-0.05, 0) is 76.8 Å². The maximum absolute atomic E-state index is 13.0. The molecule has 5 heteroatoms. The largest absolute Gasteiger partial charge is 0.388 e. The van der Waals surface area contributed by atoms with Gasteiger partial charge < -0.3 is 10.0 Å². The zero-order valence-electron chi connectivity index (χ0n) is 15.7. The molecule has 1 aromatic carbocycles. The second-order valence-corrected chi connectivity index (χ2v) is 7.74. The van der Waals surface area contributed by atoms with Gasteiger partial charge in [-0.3, -0.25) is 4.79 Å². The molecule has 1 saturated heterocycles. The summed E-state index contributed by atoms with van der Waals surface area (Å²) in [5.74, 6) is -0.101. The van der Waals surface area contributed by atoms with E-state index < -0.39 is 5.60 Å². The van der Waals surface area contributed by atoms with Crippen molar-refractivity contribution >= 4 is 5.91 Å². The molecule has 1 fully saturated rings. The molecule has 0 saturated carbocycles. The highest BCUT2D eigenvalue weighted by Gasteiger charge is 2.39. The number of aliphatic hydroxyl groups is 1. The van der Waals surface area contributed by atoms with Crippen molar-refractivity contribution in [3.63, 3.8) is 0 Å². The molecule has 1 aliphatic heterocycles. The Morgan fingerprint density at radius 3 is 2.40 bits per heavy atom. The molecule has 0 spiro atoms. The van der Waals surface area contributed by atoms with Gasteiger partial charge in [0.05, 0.1) is 17.3 Å². The van der Waals surface area contributed by atoms with Crippen LogP contribution in [-0.4, -0.2) is 43.9 Å². The summed E-state index contributed by atoms with van der Waals surface area (Å²) in [5, 5.41) is 14.9. The van der Waals surface area contributed by atoms with Gasteiger partial charge in [-0.15, -0.1) is 0 Å². The lowest BCUT2D eigenvalue weighted by molar-refractivity contribution is 0.000103. The fourth-order valence-electron chi connectivity index (χ4n) is 3.80. The van der Waals surface area contributed by atoms with E-state index in [-0.39, 0.29) is 11.9 Å².